The minimum absolute atomic E-state index is 0.262. The Morgan fingerprint density at radius 3 is 2.53 bits per heavy atom. The molecule has 98 valence electrons. The van der Waals surface area contributed by atoms with Gasteiger partial charge in [0.25, 0.3) is 5.91 Å². The van der Waals surface area contributed by atoms with Crippen LogP contribution in [-0.4, -0.2) is 17.9 Å². The molecule has 0 aliphatic rings. The molecule has 0 unspecified atom stereocenters. The molecule has 0 bridgehead atoms. The van der Waals surface area contributed by atoms with Crippen molar-refractivity contribution in [3.63, 3.8) is 0 Å². The average molecular weight is 276 g/mol. The number of pyridine rings is 1. The maximum absolute atomic E-state index is 12.0. The van der Waals surface area contributed by atoms with E-state index in [9.17, 15) is 4.79 Å². The van der Waals surface area contributed by atoms with Gasteiger partial charge in [-0.15, -0.1) is 0 Å². The first kappa shape index (κ1) is 13.4. The molecule has 1 aromatic heterocycles. The van der Waals surface area contributed by atoms with Crippen molar-refractivity contribution in [3.05, 3.63) is 52.8 Å². The number of benzene rings is 1. The van der Waals surface area contributed by atoms with E-state index in [1.54, 1.807) is 37.5 Å². The molecular formula is C14H14ClN3O. The third-order valence-electron chi connectivity index (χ3n) is 2.71. The number of aryl methyl sites for hydroxylation is 1. The van der Waals surface area contributed by atoms with Crippen LogP contribution in [0.2, 0.25) is 5.02 Å². The van der Waals surface area contributed by atoms with Crippen molar-refractivity contribution >= 4 is 28.9 Å². The molecule has 2 N–H and O–H groups in total. The van der Waals surface area contributed by atoms with Gasteiger partial charge in [0.1, 0.15) is 5.69 Å². The number of halogens is 1. The summed E-state index contributed by atoms with van der Waals surface area (Å²) in [4.78, 5) is 16.1. The summed E-state index contributed by atoms with van der Waals surface area (Å²) in [6.07, 6.45) is 1.61. The fourth-order valence-electron chi connectivity index (χ4n) is 1.54. The largest absolute Gasteiger partial charge is 0.387 e. The van der Waals surface area contributed by atoms with Crippen LogP contribution in [0, 0.1) is 6.92 Å². The van der Waals surface area contributed by atoms with E-state index in [4.69, 9.17) is 11.6 Å². The Bertz CT molecular complexity index is 596. The second-order valence-electron chi connectivity index (χ2n) is 4.10. The highest BCUT2D eigenvalue weighted by Gasteiger charge is 2.08. The molecule has 1 aromatic carbocycles. The number of rotatable bonds is 3. The zero-order valence-corrected chi connectivity index (χ0v) is 11.5. The molecule has 0 aliphatic heterocycles. The lowest BCUT2D eigenvalue weighted by atomic mass is 10.2. The highest BCUT2D eigenvalue weighted by molar-refractivity contribution is 6.31. The fraction of sp³-hybridized carbons (Fsp3) is 0.143. The number of nitrogens with one attached hydrogen (secondary N) is 2. The standard InChI is InChI=1S/C14H14ClN3O/c1-9-3-4-10(7-12(9)15)18-14(19)13-6-5-11(16-2)8-17-13/h3-8,16H,1-2H3,(H,18,19). The summed E-state index contributed by atoms with van der Waals surface area (Å²) in [6, 6.07) is 8.84. The highest BCUT2D eigenvalue weighted by Crippen LogP contribution is 2.20. The van der Waals surface area contributed by atoms with E-state index in [-0.39, 0.29) is 5.91 Å². The van der Waals surface area contributed by atoms with Gasteiger partial charge in [-0.05, 0) is 36.8 Å². The Labute approximate surface area is 116 Å². The topological polar surface area (TPSA) is 54.0 Å². The maximum Gasteiger partial charge on any atom is 0.274 e. The molecule has 5 heteroatoms. The van der Waals surface area contributed by atoms with Crippen LogP contribution in [0.15, 0.2) is 36.5 Å². The quantitative estimate of drug-likeness (QED) is 0.903. The molecule has 0 aliphatic carbocycles. The summed E-state index contributed by atoms with van der Waals surface area (Å²) in [5, 5.41) is 6.32. The van der Waals surface area contributed by atoms with Crippen LogP contribution in [-0.2, 0) is 0 Å². The normalized spacial score (nSPS) is 10.1. The molecular weight excluding hydrogens is 262 g/mol. The maximum atomic E-state index is 12.0. The van der Waals surface area contributed by atoms with Crippen molar-refractivity contribution in [2.24, 2.45) is 0 Å². The zero-order chi connectivity index (χ0) is 13.8. The number of amides is 1. The number of hydrogen-bond donors (Lipinski definition) is 2. The summed E-state index contributed by atoms with van der Waals surface area (Å²) in [5.74, 6) is -0.262. The van der Waals surface area contributed by atoms with Crippen molar-refractivity contribution in [2.45, 2.75) is 6.92 Å². The van der Waals surface area contributed by atoms with Gasteiger partial charge < -0.3 is 10.6 Å². The van der Waals surface area contributed by atoms with Gasteiger partial charge in [-0.25, -0.2) is 4.98 Å². The molecule has 2 aromatic rings. The second kappa shape index (κ2) is 5.71. The highest BCUT2D eigenvalue weighted by atomic mass is 35.5. The van der Waals surface area contributed by atoms with Crippen molar-refractivity contribution in [1.29, 1.82) is 0 Å². The van der Waals surface area contributed by atoms with E-state index in [2.05, 4.69) is 15.6 Å². The Morgan fingerprint density at radius 1 is 1.21 bits per heavy atom. The van der Waals surface area contributed by atoms with Crippen LogP contribution in [0.1, 0.15) is 16.1 Å². The SMILES string of the molecule is CNc1ccc(C(=O)Nc2ccc(C)c(Cl)c2)nc1. The molecule has 0 spiro atoms. The number of hydrogen-bond acceptors (Lipinski definition) is 3. The Kier molecular flexibility index (Phi) is 4.02. The Morgan fingerprint density at radius 2 is 1.95 bits per heavy atom. The Hall–Kier alpha value is -2.07. The monoisotopic (exact) mass is 275 g/mol. The minimum Gasteiger partial charge on any atom is -0.387 e. The first-order valence-electron chi connectivity index (χ1n) is 5.81. The van der Waals surface area contributed by atoms with Crippen LogP contribution in [0.25, 0.3) is 0 Å². The molecule has 1 amide bonds. The van der Waals surface area contributed by atoms with E-state index < -0.39 is 0 Å². The lowest BCUT2D eigenvalue weighted by Gasteiger charge is -2.07. The number of anilines is 2. The summed E-state index contributed by atoms with van der Waals surface area (Å²) in [6.45, 7) is 1.91. The van der Waals surface area contributed by atoms with E-state index in [0.29, 0.717) is 16.4 Å². The van der Waals surface area contributed by atoms with Crippen molar-refractivity contribution in [2.75, 3.05) is 17.7 Å². The first-order valence-corrected chi connectivity index (χ1v) is 6.19. The van der Waals surface area contributed by atoms with Gasteiger partial charge in [-0.3, -0.25) is 4.79 Å². The molecule has 2 rings (SSSR count). The first-order chi connectivity index (χ1) is 9.10. The summed E-state index contributed by atoms with van der Waals surface area (Å²) < 4.78 is 0. The number of carbonyl (C=O) groups excluding carboxylic acids is 1. The molecule has 4 nitrogen and oxygen atoms in total. The van der Waals surface area contributed by atoms with Gasteiger partial charge in [0, 0.05) is 17.8 Å². The predicted molar refractivity (Wildman–Crippen MR) is 77.9 cm³/mol. The van der Waals surface area contributed by atoms with Gasteiger partial charge in [0.2, 0.25) is 0 Å². The molecule has 0 radical (unpaired) electrons. The second-order valence-corrected chi connectivity index (χ2v) is 4.51. The van der Waals surface area contributed by atoms with Crippen molar-refractivity contribution < 1.29 is 4.79 Å². The third-order valence-corrected chi connectivity index (χ3v) is 3.12. The van der Waals surface area contributed by atoms with Crippen LogP contribution < -0.4 is 10.6 Å². The number of carbonyl (C=O) groups is 1. The van der Waals surface area contributed by atoms with Crippen LogP contribution >= 0.6 is 11.6 Å². The van der Waals surface area contributed by atoms with Gasteiger partial charge in [-0.1, -0.05) is 17.7 Å². The summed E-state index contributed by atoms with van der Waals surface area (Å²) >= 11 is 6.01. The summed E-state index contributed by atoms with van der Waals surface area (Å²) in [5.41, 5.74) is 2.84. The predicted octanol–water partition coefficient (Wildman–Crippen LogP) is 3.34. The minimum atomic E-state index is -0.262. The van der Waals surface area contributed by atoms with Gasteiger partial charge in [0.05, 0.1) is 11.9 Å². The van der Waals surface area contributed by atoms with Crippen molar-refractivity contribution in [3.8, 4) is 0 Å². The summed E-state index contributed by atoms with van der Waals surface area (Å²) in [7, 11) is 1.80. The Balaban J connectivity index is 2.13. The zero-order valence-electron chi connectivity index (χ0n) is 10.7. The number of nitrogens with zero attached hydrogens (tertiary/aromatic N) is 1. The molecule has 0 saturated heterocycles. The molecule has 19 heavy (non-hydrogen) atoms. The van der Waals surface area contributed by atoms with Crippen LogP contribution in [0.5, 0.6) is 0 Å². The smallest absolute Gasteiger partial charge is 0.274 e. The molecule has 1 heterocycles. The lowest BCUT2D eigenvalue weighted by Crippen LogP contribution is -2.13. The van der Waals surface area contributed by atoms with Gasteiger partial charge in [0.15, 0.2) is 0 Å². The van der Waals surface area contributed by atoms with Crippen molar-refractivity contribution in [1.82, 2.24) is 4.98 Å². The third kappa shape index (κ3) is 3.23. The van der Waals surface area contributed by atoms with Gasteiger partial charge >= 0.3 is 0 Å². The van der Waals surface area contributed by atoms with E-state index in [0.717, 1.165) is 11.3 Å². The molecule has 0 fully saturated rings. The van der Waals surface area contributed by atoms with E-state index in [1.165, 1.54) is 0 Å². The van der Waals surface area contributed by atoms with Crippen LogP contribution in [0.3, 0.4) is 0 Å². The molecule has 0 saturated carbocycles. The van der Waals surface area contributed by atoms with E-state index in [1.807, 2.05) is 13.0 Å². The van der Waals surface area contributed by atoms with Crippen LogP contribution in [0.4, 0.5) is 11.4 Å². The van der Waals surface area contributed by atoms with E-state index >= 15 is 0 Å². The molecule has 0 atom stereocenters. The lowest BCUT2D eigenvalue weighted by molar-refractivity contribution is 0.102. The number of aromatic nitrogens is 1. The fourth-order valence-corrected chi connectivity index (χ4v) is 1.72. The average Bonchev–Trinajstić information content (AvgIpc) is 2.43. The van der Waals surface area contributed by atoms with Gasteiger partial charge in [-0.2, -0.15) is 0 Å².